The quantitative estimate of drug-likeness (QED) is 0.573. The predicted molar refractivity (Wildman–Crippen MR) is 64.2 cm³/mol. The van der Waals surface area contributed by atoms with Crippen molar-refractivity contribution in [2.45, 2.75) is 25.8 Å². The van der Waals surface area contributed by atoms with E-state index >= 15 is 0 Å². The molecule has 1 aliphatic rings. The Bertz CT molecular complexity index is 437. The Labute approximate surface area is 105 Å². The molecule has 7 nitrogen and oxygen atoms in total. The van der Waals surface area contributed by atoms with Gasteiger partial charge in [0.1, 0.15) is 18.9 Å². The van der Waals surface area contributed by atoms with Crippen LogP contribution in [-0.4, -0.2) is 45.0 Å². The molecule has 0 unspecified atom stereocenters. The summed E-state index contributed by atoms with van der Waals surface area (Å²) in [6.45, 7) is 2.44. The average molecular weight is 252 g/mol. The van der Waals surface area contributed by atoms with Crippen LogP contribution in [0.4, 0.5) is 5.69 Å². The number of nitro groups is 1. The Morgan fingerprint density at radius 1 is 1.33 bits per heavy atom. The van der Waals surface area contributed by atoms with Gasteiger partial charge in [-0.1, -0.05) is 6.42 Å². The van der Waals surface area contributed by atoms with Crippen molar-refractivity contribution in [2.75, 3.05) is 19.6 Å². The maximum absolute atomic E-state index is 11.8. The van der Waals surface area contributed by atoms with Gasteiger partial charge in [0.2, 0.25) is 0 Å². The van der Waals surface area contributed by atoms with E-state index in [4.69, 9.17) is 0 Å². The second kappa shape index (κ2) is 5.72. The second-order valence-corrected chi connectivity index (χ2v) is 4.53. The van der Waals surface area contributed by atoms with E-state index in [-0.39, 0.29) is 18.0 Å². The van der Waals surface area contributed by atoms with Crippen LogP contribution >= 0.6 is 0 Å². The summed E-state index contributed by atoms with van der Waals surface area (Å²) in [6, 6.07) is 0. The SMILES string of the molecule is O=C(CN1CCCCC1)Cn1cc([N+](=O)[O-])cn1. The lowest BCUT2D eigenvalue weighted by atomic mass is 10.1. The predicted octanol–water partition coefficient (Wildman–Crippen LogP) is 0.846. The molecule has 1 aliphatic heterocycles. The minimum atomic E-state index is -0.515. The Kier molecular flexibility index (Phi) is 4.03. The molecule has 18 heavy (non-hydrogen) atoms. The number of carbonyl (C=O) groups excluding carboxylic acids is 1. The molecule has 0 bridgehead atoms. The minimum absolute atomic E-state index is 0.0369. The lowest BCUT2D eigenvalue weighted by molar-refractivity contribution is -0.385. The van der Waals surface area contributed by atoms with Crippen molar-refractivity contribution in [3.63, 3.8) is 0 Å². The highest BCUT2D eigenvalue weighted by atomic mass is 16.6. The number of carbonyl (C=O) groups is 1. The van der Waals surface area contributed by atoms with Crippen molar-refractivity contribution < 1.29 is 9.72 Å². The van der Waals surface area contributed by atoms with Crippen molar-refractivity contribution in [3.05, 3.63) is 22.5 Å². The van der Waals surface area contributed by atoms with E-state index < -0.39 is 4.92 Å². The van der Waals surface area contributed by atoms with Crippen LogP contribution in [0, 0.1) is 10.1 Å². The summed E-state index contributed by atoms with van der Waals surface area (Å²) in [6.07, 6.45) is 5.96. The van der Waals surface area contributed by atoms with Gasteiger partial charge in [0.25, 0.3) is 0 Å². The summed E-state index contributed by atoms with van der Waals surface area (Å²) >= 11 is 0. The molecule has 0 saturated carbocycles. The summed E-state index contributed by atoms with van der Waals surface area (Å²) in [5, 5.41) is 14.3. The zero-order chi connectivity index (χ0) is 13.0. The van der Waals surface area contributed by atoms with Crippen LogP contribution in [0.1, 0.15) is 19.3 Å². The third kappa shape index (κ3) is 3.36. The van der Waals surface area contributed by atoms with E-state index in [9.17, 15) is 14.9 Å². The molecule has 0 aromatic carbocycles. The van der Waals surface area contributed by atoms with Crippen molar-refractivity contribution >= 4 is 11.5 Å². The van der Waals surface area contributed by atoms with Gasteiger partial charge in [-0.3, -0.25) is 24.5 Å². The number of aromatic nitrogens is 2. The first-order chi connectivity index (χ1) is 8.65. The molecule has 2 rings (SSSR count). The molecule has 0 spiro atoms. The molecule has 1 saturated heterocycles. The number of piperidine rings is 1. The Balaban J connectivity index is 1.84. The standard InChI is InChI=1S/C11H16N4O3/c16-11(8-13-4-2-1-3-5-13)9-14-7-10(6-12-14)15(17)18/h6-7H,1-5,8-9H2. The summed E-state index contributed by atoms with van der Waals surface area (Å²) in [5.41, 5.74) is -0.0826. The first kappa shape index (κ1) is 12.7. The number of likely N-dealkylation sites (tertiary alicyclic amines) is 1. The molecule has 0 N–H and O–H groups in total. The number of hydrogen-bond acceptors (Lipinski definition) is 5. The zero-order valence-corrected chi connectivity index (χ0v) is 10.1. The fourth-order valence-electron chi connectivity index (χ4n) is 2.13. The van der Waals surface area contributed by atoms with Gasteiger partial charge in [-0.2, -0.15) is 5.10 Å². The fourth-order valence-corrected chi connectivity index (χ4v) is 2.13. The fraction of sp³-hybridized carbons (Fsp3) is 0.636. The summed E-state index contributed by atoms with van der Waals surface area (Å²) in [4.78, 5) is 23.9. The number of Topliss-reactive ketones (excluding diaryl/α,β-unsaturated/α-hetero) is 1. The van der Waals surface area contributed by atoms with Crippen LogP contribution in [0.3, 0.4) is 0 Å². The molecular formula is C11H16N4O3. The van der Waals surface area contributed by atoms with E-state index in [1.54, 1.807) is 0 Å². The van der Waals surface area contributed by atoms with E-state index in [2.05, 4.69) is 10.00 Å². The molecule has 1 fully saturated rings. The van der Waals surface area contributed by atoms with Crippen LogP contribution in [-0.2, 0) is 11.3 Å². The topological polar surface area (TPSA) is 81.3 Å². The van der Waals surface area contributed by atoms with Crippen LogP contribution < -0.4 is 0 Å². The molecule has 1 aromatic rings. The van der Waals surface area contributed by atoms with E-state index in [0.29, 0.717) is 6.54 Å². The molecule has 0 radical (unpaired) electrons. The minimum Gasteiger partial charge on any atom is -0.296 e. The summed E-state index contributed by atoms with van der Waals surface area (Å²) in [7, 11) is 0. The number of nitrogens with zero attached hydrogens (tertiary/aromatic N) is 4. The van der Waals surface area contributed by atoms with Crippen molar-refractivity contribution in [2.24, 2.45) is 0 Å². The molecule has 1 aromatic heterocycles. The first-order valence-corrected chi connectivity index (χ1v) is 6.06. The van der Waals surface area contributed by atoms with Crippen LogP contribution in [0.15, 0.2) is 12.4 Å². The van der Waals surface area contributed by atoms with Gasteiger partial charge in [0.15, 0.2) is 5.78 Å². The number of rotatable bonds is 5. The van der Waals surface area contributed by atoms with Gasteiger partial charge < -0.3 is 0 Å². The normalized spacial score (nSPS) is 16.7. The van der Waals surface area contributed by atoms with Crippen molar-refractivity contribution in [1.82, 2.24) is 14.7 Å². The number of ketones is 1. The summed E-state index contributed by atoms with van der Waals surface area (Å²) in [5.74, 6) is 0.0369. The maximum atomic E-state index is 11.8. The van der Waals surface area contributed by atoms with E-state index in [1.165, 1.54) is 17.3 Å². The first-order valence-electron chi connectivity index (χ1n) is 6.06. The van der Waals surface area contributed by atoms with Gasteiger partial charge >= 0.3 is 5.69 Å². The average Bonchev–Trinajstić information content (AvgIpc) is 2.78. The smallest absolute Gasteiger partial charge is 0.296 e. The molecule has 7 heteroatoms. The van der Waals surface area contributed by atoms with Gasteiger partial charge in [-0.25, -0.2) is 0 Å². The Morgan fingerprint density at radius 3 is 2.67 bits per heavy atom. The van der Waals surface area contributed by atoms with Crippen LogP contribution in [0.2, 0.25) is 0 Å². The van der Waals surface area contributed by atoms with E-state index in [0.717, 1.165) is 32.1 Å². The molecule has 2 heterocycles. The number of hydrogen-bond donors (Lipinski definition) is 0. The third-order valence-electron chi connectivity index (χ3n) is 3.02. The van der Waals surface area contributed by atoms with Crippen LogP contribution in [0.5, 0.6) is 0 Å². The molecule has 0 atom stereocenters. The van der Waals surface area contributed by atoms with Gasteiger partial charge in [-0.05, 0) is 25.9 Å². The zero-order valence-electron chi connectivity index (χ0n) is 10.1. The van der Waals surface area contributed by atoms with Crippen LogP contribution in [0.25, 0.3) is 0 Å². The third-order valence-corrected chi connectivity index (χ3v) is 3.02. The van der Waals surface area contributed by atoms with E-state index in [1.807, 2.05) is 0 Å². The largest absolute Gasteiger partial charge is 0.307 e. The summed E-state index contributed by atoms with van der Waals surface area (Å²) < 4.78 is 1.32. The maximum Gasteiger partial charge on any atom is 0.307 e. The van der Waals surface area contributed by atoms with Crippen molar-refractivity contribution in [1.29, 1.82) is 0 Å². The highest BCUT2D eigenvalue weighted by Gasteiger charge is 2.15. The lowest BCUT2D eigenvalue weighted by Crippen LogP contribution is -2.35. The molecule has 0 aliphatic carbocycles. The van der Waals surface area contributed by atoms with Gasteiger partial charge in [0, 0.05) is 0 Å². The second-order valence-electron chi connectivity index (χ2n) is 4.53. The highest BCUT2D eigenvalue weighted by Crippen LogP contribution is 2.09. The molecule has 98 valence electrons. The van der Waals surface area contributed by atoms with Gasteiger partial charge in [0.05, 0.1) is 11.5 Å². The Hall–Kier alpha value is -1.76. The highest BCUT2D eigenvalue weighted by molar-refractivity contribution is 5.80. The Morgan fingerprint density at radius 2 is 2.06 bits per heavy atom. The molecular weight excluding hydrogens is 236 g/mol. The molecule has 0 amide bonds. The van der Waals surface area contributed by atoms with Crippen molar-refractivity contribution in [3.8, 4) is 0 Å². The van der Waals surface area contributed by atoms with Gasteiger partial charge in [-0.15, -0.1) is 0 Å². The lowest BCUT2D eigenvalue weighted by Gasteiger charge is -2.25. The monoisotopic (exact) mass is 252 g/mol.